The third-order valence-electron chi connectivity index (χ3n) is 3.89. The Balaban J connectivity index is 0.00000192. The molecule has 0 spiro atoms. The Labute approximate surface area is 163 Å². The monoisotopic (exact) mass is 521 g/mol. The summed E-state index contributed by atoms with van der Waals surface area (Å²) in [6, 6.07) is 33.1. The average molecular weight is 520 g/mol. The molecule has 0 aliphatic heterocycles. The van der Waals surface area contributed by atoms with E-state index in [1.54, 1.807) is 0 Å². The standard InChI is InChI=1S/3C7H7.HI.Sn/c3*1-7-5-3-2-4-6-7;;/h3*2-6H,1H2;1H;. The molecule has 1 radical (unpaired) electrons. The van der Waals surface area contributed by atoms with Crippen molar-refractivity contribution in [3.05, 3.63) is 108 Å². The molecule has 0 saturated heterocycles. The number of hydrogen-bond donors (Lipinski definition) is 0. The van der Waals surface area contributed by atoms with Crippen LogP contribution in [0, 0.1) is 0 Å². The number of benzene rings is 3. The molecule has 0 aromatic heterocycles. The first-order valence-electron chi connectivity index (χ1n) is 7.85. The minimum atomic E-state index is -1.56. The van der Waals surface area contributed by atoms with E-state index in [9.17, 15) is 0 Å². The van der Waals surface area contributed by atoms with E-state index < -0.39 is 19.8 Å². The van der Waals surface area contributed by atoms with Crippen molar-refractivity contribution in [1.29, 1.82) is 0 Å². The number of rotatable bonds is 6. The molecular weight excluding hydrogens is 498 g/mol. The van der Waals surface area contributed by atoms with Crippen LogP contribution in [0.1, 0.15) is 16.7 Å². The molecule has 0 aliphatic rings. The molecule has 0 aliphatic carbocycles. The maximum atomic E-state index is 2.29. The summed E-state index contributed by atoms with van der Waals surface area (Å²) in [4.78, 5) is 0. The SMILES string of the molecule is I.c1ccc([CH2][Sn]([CH2]c2ccccc2)[CH2]c2ccccc2)cc1. The van der Waals surface area contributed by atoms with Gasteiger partial charge in [0, 0.05) is 0 Å². The zero-order valence-electron chi connectivity index (χ0n) is 13.2. The number of hydrogen-bond acceptors (Lipinski definition) is 0. The second kappa shape index (κ2) is 10.1. The molecular formula is C21H22ISn. The summed E-state index contributed by atoms with van der Waals surface area (Å²) in [5, 5.41) is 0. The Morgan fingerprint density at radius 2 is 0.696 bits per heavy atom. The van der Waals surface area contributed by atoms with Crippen molar-refractivity contribution in [2.45, 2.75) is 13.3 Å². The Bertz CT molecular complexity index is 569. The van der Waals surface area contributed by atoms with Gasteiger partial charge in [0.1, 0.15) is 0 Å². The normalized spacial score (nSPS) is 10.3. The van der Waals surface area contributed by atoms with Crippen molar-refractivity contribution >= 4 is 43.7 Å². The van der Waals surface area contributed by atoms with Crippen LogP contribution in [0.25, 0.3) is 0 Å². The van der Waals surface area contributed by atoms with Gasteiger partial charge in [-0.3, -0.25) is 0 Å². The first-order valence-corrected chi connectivity index (χ1v) is 13.9. The van der Waals surface area contributed by atoms with E-state index in [2.05, 4.69) is 91.0 Å². The molecule has 2 heteroatoms. The van der Waals surface area contributed by atoms with Gasteiger partial charge in [-0.1, -0.05) is 0 Å². The van der Waals surface area contributed by atoms with Gasteiger partial charge in [-0.25, -0.2) is 0 Å². The van der Waals surface area contributed by atoms with Gasteiger partial charge >= 0.3 is 141 Å². The summed E-state index contributed by atoms with van der Waals surface area (Å²) in [7, 11) is 0. The molecule has 0 atom stereocenters. The van der Waals surface area contributed by atoms with Crippen molar-refractivity contribution in [3.63, 3.8) is 0 Å². The molecule has 3 aromatic rings. The molecule has 0 bridgehead atoms. The second-order valence-corrected chi connectivity index (χ2v) is 13.0. The quantitative estimate of drug-likeness (QED) is 0.300. The molecule has 117 valence electrons. The van der Waals surface area contributed by atoms with Gasteiger partial charge in [0.15, 0.2) is 0 Å². The van der Waals surface area contributed by atoms with Gasteiger partial charge in [-0.15, -0.1) is 24.0 Å². The van der Waals surface area contributed by atoms with Gasteiger partial charge in [-0.2, -0.15) is 0 Å². The molecule has 0 amide bonds. The fourth-order valence-corrected chi connectivity index (χ4v) is 10.9. The summed E-state index contributed by atoms with van der Waals surface area (Å²) in [5.74, 6) is 0. The summed E-state index contributed by atoms with van der Waals surface area (Å²) < 4.78 is 3.98. The molecule has 0 nitrogen and oxygen atoms in total. The predicted octanol–water partition coefficient (Wildman–Crippen LogP) is 5.44. The topological polar surface area (TPSA) is 0 Å². The van der Waals surface area contributed by atoms with Gasteiger partial charge in [0.05, 0.1) is 0 Å². The Hall–Kier alpha value is -0.811. The Kier molecular flexibility index (Phi) is 8.16. The van der Waals surface area contributed by atoms with Crippen LogP contribution in [0.3, 0.4) is 0 Å². The van der Waals surface area contributed by atoms with Gasteiger partial charge in [0.2, 0.25) is 0 Å². The zero-order chi connectivity index (χ0) is 15.0. The van der Waals surface area contributed by atoms with E-state index in [-0.39, 0.29) is 24.0 Å². The molecule has 0 heterocycles. The minimum absolute atomic E-state index is 0. The second-order valence-electron chi connectivity index (χ2n) is 5.74. The summed E-state index contributed by atoms with van der Waals surface area (Å²) in [5.41, 5.74) is 4.55. The van der Waals surface area contributed by atoms with E-state index in [1.807, 2.05) is 0 Å². The van der Waals surface area contributed by atoms with Crippen LogP contribution in [0.2, 0.25) is 0 Å². The van der Waals surface area contributed by atoms with E-state index in [0.29, 0.717) is 0 Å². The van der Waals surface area contributed by atoms with Crippen LogP contribution in [0.5, 0.6) is 0 Å². The van der Waals surface area contributed by atoms with E-state index in [4.69, 9.17) is 0 Å². The van der Waals surface area contributed by atoms with E-state index >= 15 is 0 Å². The number of halogens is 1. The van der Waals surface area contributed by atoms with Crippen molar-refractivity contribution in [3.8, 4) is 0 Å². The first kappa shape index (κ1) is 18.5. The van der Waals surface area contributed by atoms with Crippen molar-refractivity contribution in [2.75, 3.05) is 0 Å². The molecule has 3 rings (SSSR count). The summed E-state index contributed by atoms with van der Waals surface area (Å²) in [6.45, 7) is 0. The summed E-state index contributed by atoms with van der Waals surface area (Å²) >= 11 is -1.56. The molecule has 0 unspecified atom stereocenters. The third-order valence-corrected chi connectivity index (χ3v) is 11.7. The van der Waals surface area contributed by atoms with Crippen LogP contribution < -0.4 is 0 Å². The predicted molar refractivity (Wildman–Crippen MR) is 112 cm³/mol. The molecule has 0 saturated carbocycles. The molecule has 3 aromatic carbocycles. The van der Waals surface area contributed by atoms with E-state index in [0.717, 1.165) is 0 Å². The molecule has 0 fully saturated rings. The fraction of sp³-hybridized carbons (Fsp3) is 0.143. The van der Waals surface area contributed by atoms with E-state index in [1.165, 1.54) is 30.0 Å². The molecule has 23 heavy (non-hydrogen) atoms. The van der Waals surface area contributed by atoms with Crippen LogP contribution in [0.4, 0.5) is 0 Å². The van der Waals surface area contributed by atoms with Crippen LogP contribution >= 0.6 is 24.0 Å². The van der Waals surface area contributed by atoms with Crippen molar-refractivity contribution in [1.82, 2.24) is 0 Å². The fourth-order valence-electron chi connectivity index (χ4n) is 2.84. The Morgan fingerprint density at radius 1 is 0.435 bits per heavy atom. The summed E-state index contributed by atoms with van der Waals surface area (Å²) in [6.07, 6.45) is 0. The third kappa shape index (κ3) is 6.30. The maximum absolute atomic E-state index is 2.29. The van der Waals surface area contributed by atoms with Crippen LogP contribution in [-0.4, -0.2) is 19.8 Å². The van der Waals surface area contributed by atoms with Crippen molar-refractivity contribution < 1.29 is 0 Å². The molecule has 0 N–H and O–H groups in total. The average Bonchev–Trinajstić information content (AvgIpc) is 2.57. The van der Waals surface area contributed by atoms with Crippen molar-refractivity contribution in [2.24, 2.45) is 0 Å². The Morgan fingerprint density at radius 3 is 0.957 bits per heavy atom. The van der Waals surface area contributed by atoms with Crippen LogP contribution in [0.15, 0.2) is 91.0 Å². The van der Waals surface area contributed by atoms with Gasteiger partial charge < -0.3 is 0 Å². The van der Waals surface area contributed by atoms with Gasteiger partial charge in [-0.05, 0) is 0 Å². The van der Waals surface area contributed by atoms with Gasteiger partial charge in [0.25, 0.3) is 0 Å². The zero-order valence-corrected chi connectivity index (χ0v) is 18.4. The first-order chi connectivity index (χ1) is 10.9. The van der Waals surface area contributed by atoms with Crippen LogP contribution in [-0.2, 0) is 13.3 Å².